The molecule has 0 saturated carbocycles. The smallest absolute Gasteiger partial charge is 0.167 e. The van der Waals surface area contributed by atoms with E-state index >= 15 is 0 Å². The van der Waals surface area contributed by atoms with E-state index in [4.69, 9.17) is 22.1 Å². The molecule has 0 aliphatic rings. The Morgan fingerprint density at radius 2 is 2.05 bits per heavy atom. The normalized spacial score (nSPS) is 10.4. The van der Waals surface area contributed by atoms with Crippen LogP contribution in [0.5, 0.6) is 5.75 Å². The first-order chi connectivity index (χ1) is 9.51. The van der Waals surface area contributed by atoms with Crippen molar-refractivity contribution in [2.45, 2.75) is 6.92 Å². The Labute approximate surface area is 135 Å². The van der Waals surface area contributed by atoms with Crippen LogP contribution in [0.15, 0.2) is 30.3 Å². The SMILES string of the molecule is CCOc1cc(Nc2ccc(I)cc2Cl)c(N)cc1F. The summed E-state index contributed by atoms with van der Waals surface area (Å²) >= 11 is 8.32. The van der Waals surface area contributed by atoms with Crippen molar-refractivity contribution in [3.63, 3.8) is 0 Å². The van der Waals surface area contributed by atoms with Gasteiger partial charge < -0.3 is 15.8 Å². The van der Waals surface area contributed by atoms with Crippen LogP contribution >= 0.6 is 34.2 Å². The minimum atomic E-state index is -0.483. The van der Waals surface area contributed by atoms with E-state index < -0.39 is 5.82 Å². The Morgan fingerprint density at radius 1 is 1.30 bits per heavy atom. The van der Waals surface area contributed by atoms with E-state index in [0.717, 1.165) is 3.57 Å². The lowest BCUT2D eigenvalue weighted by atomic mass is 10.2. The molecule has 0 aliphatic carbocycles. The molecule has 0 atom stereocenters. The molecule has 2 aromatic carbocycles. The molecule has 0 saturated heterocycles. The molecule has 0 heterocycles. The van der Waals surface area contributed by atoms with Crippen molar-refractivity contribution in [2.75, 3.05) is 17.7 Å². The Morgan fingerprint density at radius 3 is 2.70 bits per heavy atom. The van der Waals surface area contributed by atoms with E-state index in [9.17, 15) is 4.39 Å². The fraction of sp³-hybridized carbons (Fsp3) is 0.143. The van der Waals surface area contributed by atoms with Crippen molar-refractivity contribution in [3.8, 4) is 5.75 Å². The predicted molar refractivity (Wildman–Crippen MR) is 89.4 cm³/mol. The predicted octanol–water partition coefficient (Wildman–Crippen LogP) is 4.81. The molecule has 0 amide bonds. The highest BCUT2D eigenvalue weighted by Gasteiger charge is 2.10. The first kappa shape index (κ1) is 15.2. The van der Waals surface area contributed by atoms with Crippen molar-refractivity contribution >= 4 is 51.3 Å². The maximum atomic E-state index is 13.6. The second-order valence-corrected chi connectivity index (χ2v) is 5.70. The van der Waals surface area contributed by atoms with E-state index in [1.165, 1.54) is 12.1 Å². The standard InChI is InChI=1S/C14H13ClFIN2O/c1-2-20-14-7-13(11(18)6-10(14)16)19-12-4-3-8(17)5-9(12)15/h3-7,19H,2,18H2,1H3. The lowest BCUT2D eigenvalue weighted by Gasteiger charge is -2.13. The summed E-state index contributed by atoms with van der Waals surface area (Å²) in [6.45, 7) is 2.17. The summed E-state index contributed by atoms with van der Waals surface area (Å²) in [7, 11) is 0. The van der Waals surface area contributed by atoms with Crippen LogP contribution in [0.2, 0.25) is 5.02 Å². The highest BCUT2D eigenvalue weighted by atomic mass is 127. The van der Waals surface area contributed by atoms with Crippen molar-refractivity contribution in [1.29, 1.82) is 0 Å². The monoisotopic (exact) mass is 406 g/mol. The van der Waals surface area contributed by atoms with Crippen molar-refractivity contribution in [2.24, 2.45) is 0 Å². The molecule has 2 aromatic rings. The summed E-state index contributed by atoms with van der Waals surface area (Å²) in [4.78, 5) is 0. The summed E-state index contributed by atoms with van der Waals surface area (Å²) in [5.74, 6) is -0.325. The molecule has 0 unspecified atom stereocenters. The Kier molecular flexibility index (Phi) is 4.93. The van der Waals surface area contributed by atoms with E-state index in [2.05, 4.69) is 27.9 Å². The fourth-order valence-corrected chi connectivity index (χ4v) is 2.58. The van der Waals surface area contributed by atoms with E-state index in [0.29, 0.717) is 28.7 Å². The number of benzene rings is 2. The minimum absolute atomic E-state index is 0.158. The lowest BCUT2D eigenvalue weighted by molar-refractivity contribution is 0.322. The van der Waals surface area contributed by atoms with Crippen LogP contribution in [-0.4, -0.2) is 6.61 Å². The minimum Gasteiger partial charge on any atom is -0.491 e. The Hall–Kier alpha value is -1.21. The number of nitrogens with one attached hydrogen (secondary N) is 1. The maximum Gasteiger partial charge on any atom is 0.167 e. The zero-order valence-electron chi connectivity index (χ0n) is 10.7. The zero-order chi connectivity index (χ0) is 14.7. The van der Waals surface area contributed by atoms with Gasteiger partial charge in [0.25, 0.3) is 0 Å². The van der Waals surface area contributed by atoms with Crippen LogP contribution in [0.1, 0.15) is 6.92 Å². The molecule has 3 nitrogen and oxygen atoms in total. The molecule has 0 bridgehead atoms. The molecule has 106 valence electrons. The number of ether oxygens (including phenoxy) is 1. The molecular formula is C14H13ClFIN2O. The van der Waals surface area contributed by atoms with Crippen molar-refractivity contribution < 1.29 is 9.13 Å². The van der Waals surface area contributed by atoms with Gasteiger partial charge in [-0.1, -0.05) is 11.6 Å². The summed E-state index contributed by atoms with van der Waals surface area (Å²) in [5.41, 5.74) is 7.36. The first-order valence-corrected chi connectivity index (χ1v) is 7.40. The van der Waals surface area contributed by atoms with Gasteiger partial charge in [-0.2, -0.15) is 0 Å². The van der Waals surface area contributed by atoms with Crippen LogP contribution in [0.4, 0.5) is 21.5 Å². The van der Waals surface area contributed by atoms with E-state index in [1.54, 1.807) is 6.92 Å². The van der Waals surface area contributed by atoms with Gasteiger partial charge in [0.05, 0.1) is 28.7 Å². The third kappa shape index (κ3) is 3.46. The van der Waals surface area contributed by atoms with Gasteiger partial charge in [0.15, 0.2) is 11.6 Å². The molecular weight excluding hydrogens is 394 g/mol. The van der Waals surface area contributed by atoms with Crippen molar-refractivity contribution in [1.82, 2.24) is 0 Å². The zero-order valence-corrected chi connectivity index (χ0v) is 13.6. The highest BCUT2D eigenvalue weighted by Crippen LogP contribution is 2.33. The summed E-state index contributed by atoms with van der Waals surface area (Å²) in [5, 5.41) is 3.65. The molecule has 0 spiro atoms. The van der Waals surface area contributed by atoms with E-state index in [-0.39, 0.29) is 5.75 Å². The van der Waals surface area contributed by atoms with Gasteiger partial charge in [-0.05, 0) is 47.7 Å². The molecule has 0 aromatic heterocycles. The van der Waals surface area contributed by atoms with Crippen LogP contribution in [0.25, 0.3) is 0 Å². The van der Waals surface area contributed by atoms with Gasteiger partial charge >= 0.3 is 0 Å². The average Bonchev–Trinajstić information content (AvgIpc) is 2.38. The van der Waals surface area contributed by atoms with Gasteiger partial charge in [0.2, 0.25) is 0 Å². The molecule has 3 N–H and O–H groups in total. The van der Waals surface area contributed by atoms with E-state index in [1.807, 2.05) is 18.2 Å². The second-order valence-electron chi connectivity index (χ2n) is 4.05. The Balaban J connectivity index is 2.35. The largest absolute Gasteiger partial charge is 0.491 e. The number of nitrogens with two attached hydrogens (primary N) is 1. The maximum absolute atomic E-state index is 13.6. The molecule has 2 rings (SSSR count). The van der Waals surface area contributed by atoms with Gasteiger partial charge in [0, 0.05) is 15.7 Å². The number of hydrogen-bond donors (Lipinski definition) is 2. The van der Waals surface area contributed by atoms with Crippen LogP contribution in [0, 0.1) is 9.39 Å². The molecule has 20 heavy (non-hydrogen) atoms. The summed E-state index contributed by atoms with van der Waals surface area (Å²) in [6.07, 6.45) is 0. The second kappa shape index (κ2) is 6.49. The average molecular weight is 407 g/mol. The van der Waals surface area contributed by atoms with Gasteiger partial charge in [0.1, 0.15) is 0 Å². The quantitative estimate of drug-likeness (QED) is 0.566. The van der Waals surface area contributed by atoms with Gasteiger partial charge in [-0.15, -0.1) is 0 Å². The van der Waals surface area contributed by atoms with Crippen LogP contribution in [0.3, 0.4) is 0 Å². The molecule has 0 fully saturated rings. The topological polar surface area (TPSA) is 47.3 Å². The summed E-state index contributed by atoms with van der Waals surface area (Å²) < 4.78 is 19.9. The number of rotatable bonds is 4. The fourth-order valence-electron chi connectivity index (χ4n) is 1.68. The highest BCUT2D eigenvalue weighted by molar-refractivity contribution is 14.1. The van der Waals surface area contributed by atoms with Gasteiger partial charge in [-0.25, -0.2) is 4.39 Å². The first-order valence-electron chi connectivity index (χ1n) is 5.95. The van der Waals surface area contributed by atoms with Crippen molar-refractivity contribution in [3.05, 3.63) is 44.7 Å². The Bertz CT molecular complexity index is 637. The third-order valence-corrected chi connectivity index (χ3v) is 3.59. The molecule has 0 radical (unpaired) electrons. The molecule has 0 aliphatic heterocycles. The summed E-state index contributed by atoms with van der Waals surface area (Å²) in [6, 6.07) is 8.34. The number of anilines is 3. The van der Waals surface area contributed by atoms with Gasteiger partial charge in [-0.3, -0.25) is 0 Å². The van der Waals surface area contributed by atoms with Crippen LogP contribution in [-0.2, 0) is 0 Å². The van der Waals surface area contributed by atoms with Crippen LogP contribution < -0.4 is 15.8 Å². The third-order valence-electron chi connectivity index (χ3n) is 2.60. The lowest BCUT2D eigenvalue weighted by Crippen LogP contribution is -2.01. The number of hydrogen-bond acceptors (Lipinski definition) is 3. The molecule has 6 heteroatoms. The number of nitrogen functional groups attached to an aromatic ring is 1. The number of halogens is 3.